The number of amides is 1. The van der Waals surface area contributed by atoms with Crippen LogP contribution >= 0.6 is 0 Å². The second kappa shape index (κ2) is 10.6. The second-order valence-corrected chi connectivity index (χ2v) is 7.62. The predicted molar refractivity (Wildman–Crippen MR) is 109 cm³/mol. The summed E-state index contributed by atoms with van der Waals surface area (Å²) in [5.74, 6) is -1.21. The number of anilines is 1. The molecule has 1 aliphatic rings. The minimum Gasteiger partial charge on any atom is -0.489 e. The molecule has 1 amide bonds. The lowest BCUT2D eigenvalue weighted by molar-refractivity contribution is 0.0282. The Labute approximate surface area is 182 Å². The van der Waals surface area contributed by atoms with E-state index in [-0.39, 0.29) is 5.82 Å². The van der Waals surface area contributed by atoms with Crippen LogP contribution in [0.1, 0.15) is 30.4 Å². The molecule has 1 saturated heterocycles. The molecule has 0 aliphatic carbocycles. The third kappa shape index (κ3) is 7.66. The summed E-state index contributed by atoms with van der Waals surface area (Å²) >= 11 is 0. The molecular weight excluding hydrogens is 379 g/mol. The van der Waals surface area contributed by atoms with Gasteiger partial charge < -0.3 is 24.0 Å². The first-order valence-corrected chi connectivity index (χ1v) is 9.26. The lowest BCUT2D eigenvalue weighted by atomic mass is 10.2. The van der Waals surface area contributed by atoms with Gasteiger partial charge in [-0.05, 0) is 20.8 Å². The second-order valence-electron chi connectivity index (χ2n) is 7.62. The van der Waals surface area contributed by atoms with Crippen LogP contribution in [0.2, 0.25) is 0 Å². The fourth-order valence-corrected chi connectivity index (χ4v) is 2.71. The largest absolute Gasteiger partial charge is 0.489 e. The molecule has 0 radical (unpaired) electrons. The summed E-state index contributed by atoms with van der Waals surface area (Å²) in [4.78, 5) is 21.4. The molecule has 9 heteroatoms. The van der Waals surface area contributed by atoms with Gasteiger partial charge in [0, 0.05) is 59.4 Å². The fourth-order valence-electron chi connectivity index (χ4n) is 2.71. The number of aromatic nitrogens is 1. The van der Waals surface area contributed by atoms with E-state index in [1.165, 1.54) is 4.90 Å². The van der Waals surface area contributed by atoms with Crippen molar-refractivity contribution in [3.05, 3.63) is 18.1 Å². The number of halogens is 1. The molecule has 0 aromatic carbocycles. The Bertz CT molecular complexity index is 907. The van der Waals surface area contributed by atoms with Crippen LogP contribution in [0.4, 0.5) is 15.0 Å². The zero-order valence-electron chi connectivity index (χ0n) is 24.2. The van der Waals surface area contributed by atoms with Gasteiger partial charge in [-0.2, -0.15) is 0 Å². The number of piperazine rings is 1. The Morgan fingerprint density at radius 1 is 1.34 bits per heavy atom. The normalized spacial score (nSPS) is 20.3. The molecule has 0 spiro atoms. The molecule has 0 atom stereocenters. The lowest BCUT2D eigenvalue weighted by Crippen LogP contribution is -2.49. The maximum Gasteiger partial charge on any atom is 0.410 e. The number of carbonyl (C=O) groups excluding carboxylic acids is 1. The van der Waals surface area contributed by atoms with Gasteiger partial charge in [0.1, 0.15) is 17.9 Å². The summed E-state index contributed by atoms with van der Waals surface area (Å²) in [6.07, 6.45) is 0.626. The Hall–Kier alpha value is -2.13. The van der Waals surface area contributed by atoms with Gasteiger partial charge in [-0.15, -0.1) is 0 Å². The number of likely N-dealkylation sites (N-methyl/N-ethyl adjacent to an activating group) is 1. The highest BCUT2D eigenvalue weighted by molar-refractivity contribution is 5.67. The average Bonchev–Trinajstić information content (AvgIpc) is 2.69. The monoisotopic (exact) mass is 419 g/mol. The molecule has 0 bridgehead atoms. The van der Waals surface area contributed by atoms with E-state index in [0.717, 1.165) is 12.3 Å². The van der Waals surface area contributed by atoms with Crippen molar-refractivity contribution < 1.29 is 33.0 Å². The highest BCUT2D eigenvalue weighted by Crippen LogP contribution is 2.22. The van der Waals surface area contributed by atoms with Gasteiger partial charge in [0.15, 0.2) is 11.6 Å². The number of pyridine rings is 1. The number of carbonyl (C=O) groups is 1. The Balaban J connectivity index is 1.92. The van der Waals surface area contributed by atoms with E-state index in [1.807, 2.05) is 0 Å². The highest BCUT2D eigenvalue weighted by atomic mass is 19.1. The fraction of sp³-hybridized carbons (Fsp3) is 0.700. The molecule has 1 aromatic heterocycles. The molecule has 0 N–H and O–H groups in total. The van der Waals surface area contributed by atoms with Gasteiger partial charge in [-0.3, -0.25) is 4.90 Å². The van der Waals surface area contributed by atoms with E-state index in [9.17, 15) is 9.18 Å². The third-order valence-electron chi connectivity index (χ3n) is 4.19. The van der Waals surface area contributed by atoms with Crippen LogP contribution in [-0.2, 0) is 9.47 Å². The molecule has 1 aromatic rings. The quantitative estimate of drug-likeness (QED) is 0.640. The van der Waals surface area contributed by atoms with Crippen LogP contribution in [0.3, 0.4) is 0 Å². The number of ether oxygens (including phenoxy) is 3. The van der Waals surface area contributed by atoms with Gasteiger partial charge in [0.05, 0.1) is 22.4 Å². The van der Waals surface area contributed by atoms with Crippen molar-refractivity contribution in [3.8, 4) is 5.75 Å². The van der Waals surface area contributed by atoms with Crippen LogP contribution in [-0.4, -0.2) is 93.0 Å². The molecule has 2 rings (SSSR count). The van der Waals surface area contributed by atoms with Crippen molar-refractivity contribution >= 4 is 11.9 Å². The standard InChI is InChI=1S/C20H33FN4O4/c1-20(2,3)29-19(26)23(4)6-7-24-8-10-25(11-9-24)18-17(21)14-16(15-22-18)28-13-12-27-5/h14-15H,6-13H2,1-5H3/i5D3,12D2,13D2. The number of rotatable bonds is 8. The molecule has 1 aliphatic heterocycles. The van der Waals surface area contributed by atoms with Crippen LogP contribution < -0.4 is 9.64 Å². The van der Waals surface area contributed by atoms with Gasteiger partial charge in [-0.1, -0.05) is 0 Å². The lowest BCUT2D eigenvalue weighted by Gasteiger charge is -2.36. The molecule has 164 valence electrons. The molecule has 0 unspecified atom stereocenters. The van der Waals surface area contributed by atoms with Crippen molar-refractivity contribution in [2.24, 2.45) is 0 Å². The number of nitrogens with zero attached hydrogens (tertiary/aromatic N) is 4. The van der Waals surface area contributed by atoms with E-state index in [2.05, 4.69) is 14.6 Å². The summed E-state index contributed by atoms with van der Waals surface area (Å²) in [6, 6.07) is 0.855. The van der Waals surface area contributed by atoms with E-state index >= 15 is 0 Å². The molecule has 8 nitrogen and oxygen atoms in total. The molecular formula is C20H33FN4O4. The summed E-state index contributed by atoms with van der Waals surface area (Å²) < 4.78 is 80.6. The van der Waals surface area contributed by atoms with Gasteiger partial charge in [0.25, 0.3) is 0 Å². The van der Waals surface area contributed by atoms with E-state index in [0.29, 0.717) is 39.3 Å². The van der Waals surface area contributed by atoms with E-state index in [1.54, 1.807) is 32.7 Å². The maximum absolute atomic E-state index is 14.8. The first kappa shape index (κ1) is 14.8. The summed E-state index contributed by atoms with van der Waals surface area (Å²) in [7, 11) is -1.54. The Morgan fingerprint density at radius 3 is 2.69 bits per heavy atom. The van der Waals surface area contributed by atoms with Gasteiger partial charge in [-0.25, -0.2) is 14.2 Å². The molecule has 0 saturated carbocycles. The molecule has 29 heavy (non-hydrogen) atoms. The average molecular weight is 420 g/mol. The van der Waals surface area contributed by atoms with Crippen molar-refractivity contribution in [2.75, 3.05) is 71.4 Å². The smallest absolute Gasteiger partial charge is 0.410 e. The zero-order valence-corrected chi connectivity index (χ0v) is 17.2. The number of hydrogen-bond acceptors (Lipinski definition) is 7. The van der Waals surface area contributed by atoms with Crippen molar-refractivity contribution in [3.63, 3.8) is 0 Å². The topological polar surface area (TPSA) is 67.4 Å². The summed E-state index contributed by atoms with van der Waals surface area (Å²) in [6.45, 7) is 1.99. The minimum absolute atomic E-state index is 0.0233. The van der Waals surface area contributed by atoms with Crippen LogP contribution in [0.25, 0.3) is 0 Å². The van der Waals surface area contributed by atoms with Gasteiger partial charge >= 0.3 is 6.09 Å². The Kier molecular flexibility index (Phi) is 5.40. The number of hydrogen-bond donors (Lipinski definition) is 0. The number of methoxy groups -OCH3 is 1. The summed E-state index contributed by atoms with van der Waals surface area (Å²) in [5.41, 5.74) is -0.575. The predicted octanol–water partition coefficient (Wildman–Crippen LogP) is 2.23. The highest BCUT2D eigenvalue weighted by Gasteiger charge is 2.23. The zero-order chi connectivity index (χ0) is 27.5. The van der Waals surface area contributed by atoms with Crippen molar-refractivity contribution in [1.82, 2.24) is 14.8 Å². The first-order chi connectivity index (χ1) is 16.3. The summed E-state index contributed by atoms with van der Waals surface area (Å²) in [5, 5.41) is 0. The van der Waals surface area contributed by atoms with Crippen LogP contribution in [0, 0.1) is 5.82 Å². The van der Waals surface area contributed by atoms with E-state index < -0.39 is 43.4 Å². The van der Waals surface area contributed by atoms with Gasteiger partial charge in [0.2, 0.25) is 0 Å². The SMILES string of the molecule is [2H]C([2H])([2H])OC([2H])([2H])C([2H])([2H])Oc1cnc(N2CCN(CCN(C)C(=O)OC(C)(C)C)CC2)c(F)c1. The molecule has 2 heterocycles. The van der Waals surface area contributed by atoms with Crippen molar-refractivity contribution in [2.45, 2.75) is 26.4 Å². The van der Waals surface area contributed by atoms with E-state index in [4.69, 9.17) is 19.1 Å². The minimum atomic E-state index is -3.35. The first-order valence-electron chi connectivity index (χ1n) is 12.8. The maximum atomic E-state index is 14.8. The van der Waals surface area contributed by atoms with Crippen molar-refractivity contribution in [1.29, 1.82) is 0 Å². The van der Waals surface area contributed by atoms with Crippen LogP contribution in [0.5, 0.6) is 5.75 Å². The molecule has 1 fully saturated rings. The Morgan fingerprint density at radius 2 is 2.07 bits per heavy atom. The third-order valence-corrected chi connectivity index (χ3v) is 4.19. The van der Waals surface area contributed by atoms with Crippen LogP contribution in [0.15, 0.2) is 12.3 Å².